The summed E-state index contributed by atoms with van der Waals surface area (Å²) < 4.78 is 24.4. The van der Waals surface area contributed by atoms with E-state index in [0.717, 1.165) is 12.1 Å². The van der Waals surface area contributed by atoms with Crippen LogP contribution in [0.1, 0.15) is 0 Å². The molecule has 10 heavy (non-hydrogen) atoms. The first-order chi connectivity index (χ1) is 4.74. The van der Waals surface area contributed by atoms with Crippen molar-refractivity contribution in [2.24, 2.45) is 0 Å². The van der Waals surface area contributed by atoms with Gasteiger partial charge in [0.2, 0.25) is 0 Å². The van der Waals surface area contributed by atoms with E-state index in [0.29, 0.717) is 0 Å². The summed E-state index contributed by atoms with van der Waals surface area (Å²) >= 11 is 0. The molecule has 0 radical (unpaired) electrons. The third-order valence-corrected chi connectivity index (χ3v) is 1.03. The van der Waals surface area contributed by atoms with E-state index in [2.05, 4.69) is 4.85 Å². The van der Waals surface area contributed by atoms with Gasteiger partial charge >= 0.3 is 0 Å². The molecule has 0 spiro atoms. The number of hydrogen-bond acceptors (Lipinski definition) is 0. The largest absolute Gasteiger partial charge is 0.238 e. The number of benzene rings is 1. The van der Waals surface area contributed by atoms with Crippen LogP contribution in [0.15, 0.2) is 18.2 Å². The first kappa shape index (κ1) is 6.69. The topological polar surface area (TPSA) is 4.36 Å². The minimum atomic E-state index is -0.978. The van der Waals surface area contributed by atoms with Crippen LogP contribution < -0.4 is 0 Å². The highest BCUT2D eigenvalue weighted by Crippen LogP contribution is 2.15. The molecule has 0 atom stereocenters. The van der Waals surface area contributed by atoms with Crippen molar-refractivity contribution in [2.45, 2.75) is 0 Å². The van der Waals surface area contributed by atoms with E-state index in [1.54, 1.807) is 0 Å². The highest BCUT2D eigenvalue weighted by molar-refractivity contribution is 5.44. The van der Waals surface area contributed by atoms with Crippen molar-refractivity contribution in [1.29, 1.82) is 0 Å². The summed E-state index contributed by atoms with van der Waals surface area (Å²) in [5.74, 6) is -1.90. The lowest BCUT2D eigenvalue weighted by molar-refractivity contribution is 0.509. The van der Waals surface area contributed by atoms with Gasteiger partial charge in [-0.2, -0.15) is 0 Å². The third kappa shape index (κ3) is 1.11. The highest BCUT2D eigenvalue weighted by atomic mass is 19.2. The van der Waals surface area contributed by atoms with Crippen LogP contribution in [-0.4, -0.2) is 0 Å². The second-order valence-electron chi connectivity index (χ2n) is 1.71. The van der Waals surface area contributed by atoms with Crippen LogP contribution in [0, 0.1) is 18.2 Å². The van der Waals surface area contributed by atoms with Crippen LogP contribution in [-0.2, 0) is 0 Å². The van der Waals surface area contributed by atoms with E-state index < -0.39 is 11.6 Å². The summed E-state index contributed by atoms with van der Waals surface area (Å²) in [5, 5.41) is 0. The van der Waals surface area contributed by atoms with Gasteiger partial charge in [0.15, 0.2) is 11.5 Å². The minimum absolute atomic E-state index is 0.110. The summed E-state index contributed by atoms with van der Waals surface area (Å²) in [6.45, 7) is 6.45. The van der Waals surface area contributed by atoms with Crippen molar-refractivity contribution < 1.29 is 8.78 Å². The summed E-state index contributed by atoms with van der Waals surface area (Å²) in [5.41, 5.74) is 0.110. The Bertz CT molecular complexity index is 288. The molecule has 1 aromatic rings. The predicted molar refractivity (Wildman–Crippen MR) is 32.6 cm³/mol. The lowest BCUT2D eigenvalue weighted by atomic mass is 10.3. The SMILES string of the molecule is [C-]#[N+]c1ccc(F)c(F)c1. The Morgan fingerprint density at radius 1 is 1.20 bits per heavy atom. The van der Waals surface area contributed by atoms with E-state index in [1.807, 2.05) is 0 Å². The normalized spacial score (nSPS) is 8.90. The molecular formula is C7H3F2N. The third-order valence-electron chi connectivity index (χ3n) is 1.03. The molecule has 0 aliphatic carbocycles. The molecule has 0 N–H and O–H groups in total. The standard InChI is InChI=1S/C7H3F2N/c1-10-5-2-3-6(8)7(9)4-5/h2-4H. The molecule has 0 fully saturated rings. The number of hydrogen-bond donors (Lipinski definition) is 0. The van der Waals surface area contributed by atoms with Crippen molar-refractivity contribution >= 4 is 5.69 Å². The van der Waals surface area contributed by atoms with Gasteiger partial charge in [-0.15, -0.1) is 0 Å². The average molecular weight is 139 g/mol. The van der Waals surface area contributed by atoms with E-state index >= 15 is 0 Å². The Hall–Kier alpha value is -1.43. The zero-order chi connectivity index (χ0) is 7.56. The summed E-state index contributed by atoms with van der Waals surface area (Å²) in [4.78, 5) is 2.92. The van der Waals surface area contributed by atoms with Gasteiger partial charge in [0.25, 0.3) is 0 Å². The molecule has 1 rings (SSSR count). The molecule has 0 saturated heterocycles. The summed E-state index contributed by atoms with van der Waals surface area (Å²) in [6, 6.07) is 3.02. The second kappa shape index (κ2) is 2.44. The van der Waals surface area contributed by atoms with Crippen LogP contribution in [0.5, 0.6) is 0 Å². The molecule has 1 aromatic carbocycles. The average Bonchev–Trinajstić information content (AvgIpc) is 1.95. The van der Waals surface area contributed by atoms with E-state index in [4.69, 9.17) is 6.57 Å². The van der Waals surface area contributed by atoms with E-state index in [1.165, 1.54) is 6.07 Å². The van der Waals surface area contributed by atoms with Crippen LogP contribution in [0.3, 0.4) is 0 Å². The summed E-state index contributed by atoms with van der Waals surface area (Å²) in [6.07, 6.45) is 0. The fourth-order valence-corrected chi connectivity index (χ4v) is 0.555. The fourth-order valence-electron chi connectivity index (χ4n) is 0.555. The van der Waals surface area contributed by atoms with Gasteiger partial charge in [-0.1, -0.05) is 6.07 Å². The maximum Gasteiger partial charge on any atom is 0.190 e. The molecule has 1 nitrogen and oxygen atoms in total. The molecule has 0 heterocycles. The molecule has 0 amide bonds. The second-order valence-corrected chi connectivity index (χ2v) is 1.71. The quantitative estimate of drug-likeness (QED) is 0.486. The molecule has 0 bridgehead atoms. The van der Waals surface area contributed by atoms with Crippen LogP contribution >= 0.6 is 0 Å². The highest BCUT2D eigenvalue weighted by Gasteiger charge is 1.99. The van der Waals surface area contributed by atoms with E-state index in [9.17, 15) is 8.78 Å². The van der Waals surface area contributed by atoms with Gasteiger partial charge in [0, 0.05) is 0 Å². The van der Waals surface area contributed by atoms with E-state index in [-0.39, 0.29) is 5.69 Å². The maximum atomic E-state index is 12.2. The molecular weight excluding hydrogens is 136 g/mol. The van der Waals surface area contributed by atoms with Crippen molar-refractivity contribution in [3.05, 3.63) is 41.3 Å². The van der Waals surface area contributed by atoms with Gasteiger partial charge in [-0.3, -0.25) is 0 Å². The van der Waals surface area contributed by atoms with Crippen LogP contribution in [0.2, 0.25) is 0 Å². The Kier molecular flexibility index (Phi) is 1.63. The van der Waals surface area contributed by atoms with Crippen molar-refractivity contribution in [3.63, 3.8) is 0 Å². The van der Waals surface area contributed by atoms with Gasteiger partial charge < -0.3 is 0 Å². The lowest BCUT2D eigenvalue weighted by Gasteiger charge is -1.90. The molecule has 0 aromatic heterocycles. The van der Waals surface area contributed by atoms with Gasteiger partial charge in [0.05, 0.1) is 6.57 Å². The first-order valence-corrected chi connectivity index (χ1v) is 2.56. The van der Waals surface area contributed by atoms with Gasteiger partial charge in [-0.25, -0.2) is 13.6 Å². The Labute approximate surface area is 56.7 Å². The van der Waals surface area contributed by atoms with Crippen LogP contribution in [0.25, 0.3) is 4.85 Å². The van der Waals surface area contributed by atoms with Crippen molar-refractivity contribution in [3.8, 4) is 0 Å². The lowest BCUT2D eigenvalue weighted by Crippen LogP contribution is -1.79. The Morgan fingerprint density at radius 2 is 1.90 bits per heavy atom. The summed E-state index contributed by atoms with van der Waals surface area (Å²) in [7, 11) is 0. The van der Waals surface area contributed by atoms with Gasteiger partial charge in [-0.05, 0) is 12.1 Å². The molecule has 0 unspecified atom stereocenters. The fraction of sp³-hybridized carbons (Fsp3) is 0. The smallest absolute Gasteiger partial charge is 0.190 e. The molecule has 0 saturated carbocycles. The number of rotatable bonds is 0. The zero-order valence-electron chi connectivity index (χ0n) is 4.94. The molecule has 0 aliphatic heterocycles. The number of halogens is 2. The van der Waals surface area contributed by atoms with Crippen molar-refractivity contribution in [1.82, 2.24) is 0 Å². The molecule has 50 valence electrons. The zero-order valence-corrected chi connectivity index (χ0v) is 4.94. The molecule has 3 heteroatoms. The Morgan fingerprint density at radius 3 is 2.40 bits per heavy atom. The van der Waals surface area contributed by atoms with Crippen LogP contribution in [0.4, 0.5) is 14.5 Å². The minimum Gasteiger partial charge on any atom is -0.238 e. The molecule has 0 aliphatic rings. The van der Waals surface area contributed by atoms with Crippen molar-refractivity contribution in [2.75, 3.05) is 0 Å². The van der Waals surface area contributed by atoms with Gasteiger partial charge in [0.1, 0.15) is 5.82 Å². The predicted octanol–water partition coefficient (Wildman–Crippen LogP) is 2.52. The Balaban J connectivity index is 3.20. The first-order valence-electron chi connectivity index (χ1n) is 2.56. The number of nitrogens with zero attached hydrogens (tertiary/aromatic N) is 1. The monoisotopic (exact) mass is 139 g/mol. The maximum absolute atomic E-state index is 12.2.